The lowest BCUT2D eigenvalue weighted by molar-refractivity contribution is -0.142. The number of carbonyl (C=O) groups excluding carboxylic acids is 1. The van der Waals surface area contributed by atoms with Crippen molar-refractivity contribution >= 4 is 34.9 Å². The number of esters is 1. The maximum Gasteiger partial charge on any atom is 0.343 e. The Balaban J connectivity index is 2.21. The molecule has 0 atom stereocenters. The van der Waals surface area contributed by atoms with Crippen LogP contribution in [0.4, 0.5) is 5.69 Å². The van der Waals surface area contributed by atoms with Crippen LogP contribution in [0.5, 0.6) is 5.75 Å². The molecule has 0 aliphatic carbocycles. The number of hydrogen-bond donors (Lipinski definition) is 1. The van der Waals surface area contributed by atoms with Crippen LogP contribution in [0.25, 0.3) is 11.1 Å². The molecule has 0 heterocycles. The van der Waals surface area contributed by atoms with Crippen molar-refractivity contribution < 1.29 is 14.3 Å². The second-order valence-electron chi connectivity index (χ2n) is 4.24. The van der Waals surface area contributed by atoms with Gasteiger partial charge in [-0.15, -0.1) is 0 Å². The molecule has 0 bridgehead atoms. The third kappa shape index (κ3) is 3.80. The zero-order chi connectivity index (χ0) is 15.4. The van der Waals surface area contributed by atoms with Crippen LogP contribution in [-0.4, -0.2) is 19.7 Å². The topological polar surface area (TPSA) is 61.5 Å². The van der Waals surface area contributed by atoms with Crippen LogP contribution in [-0.2, 0) is 9.53 Å². The standard InChI is InChI=1S/C15H13Cl2NO3/c1-20-14(19)8-21-11-4-2-9(3-5-11)12-6-10(16)7-13(17)15(12)18/h2-7H,8,18H2,1H3. The molecule has 0 saturated carbocycles. The monoisotopic (exact) mass is 325 g/mol. The summed E-state index contributed by atoms with van der Waals surface area (Å²) in [5, 5.41) is 0.915. The Morgan fingerprint density at radius 3 is 2.48 bits per heavy atom. The van der Waals surface area contributed by atoms with Gasteiger partial charge in [-0.05, 0) is 29.8 Å². The number of hydrogen-bond acceptors (Lipinski definition) is 4. The highest BCUT2D eigenvalue weighted by Gasteiger charge is 2.09. The van der Waals surface area contributed by atoms with E-state index in [-0.39, 0.29) is 6.61 Å². The highest BCUT2D eigenvalue weighted by atomic mass is 35.5. The summed E-state index contributed by atoms with van der Waals surface area (Å²) in [5.74, 6) is 0.112. The second-order valence-corrected chi connectivity index (χ2v) is 5.08. The average molecular weight is 326 g/mol. The molecule has 0 amide bonds. The van der Waals surface area contributed by atoms with Crippen LogP contribution in [0.3, 0.4) is 0 Å². The van der Waals surface area contributed by atoms with E-state index in [2.05, 4.69) is 4.74 Å². The summed E-state index contributed by atoms with van der Waals surface area (Å²) >= 11 is 12.0. The fourth-order valence-corrected chi connectivity index (χ4v) is 2.25. The van der Waals surface area contributed by atoms with Gasteiger partial charge >= 0.3 is 5.97 Å². The van der Waals surface area contributed by atoms with Gasteiger partial charge in [0.25, 0.3) is 0 Å². The van der Waals surface area contributed by atoms with Gasteiger partial charge in [-0.1, -0.05) is 35.3 Å². The summed E-state index contributed by atoms with van der Waals surface area (Å²) in [5.41, 5.74) is 8.01. The molecular formula is C15H13Cl2NO3. The zero-order valence-corrected chi connectivity index (χ0v) is 12.7. The first-order chi connectivity index (χ1) is 10.0. The molecule has 4 nitrogen and oxygen atoms in total. The number of nitrogens with two attached hydrogens (primary N) is 1. The maximum absolute atomic E-state index is 11.0. The first kappa shape index (κ1) is 15.5. The van der Waals surface area contributed by atoms with Crippen molar-refractivity contribution in [1.82, 2.24) is 0 Å². The molecule has 2 N–H and O–H groups in total. The predicted octanol–water partition coefficient (Wildman–Crippen LogP) is 3.79. The molecule has 0 saturated heterocycles. The summed E-state index contributed by atoms with van der Waals surface area (Å²) in [4.78, 5) is 11.0. The molecule has 2 rings (SSSR count). The van der Waals surface area contributed by atoms with E-state index in [1.165, 1.54) is 7.11 Å². The van der Waals surface area contributed by atoms with Gasteiger partial charge < -0.3 is 15.2 Å². The molecule has 110 valence electrons. The first-order valence-electron chi connectivity index (χ1n) is 6.06. The predicted molar refractivity (Wildman–Crippen MR) is 83.8 cm³/mol. The summed E-state index contributed by atoms with van der Waals surface area (Å²) in [7, 11) is 1.31. The van der Waals surface area contributed by atoms with Crippen LogP contribution in [0.15, 0.2) is 36.4 Å². The highest BCUT2D eigenvalue weighted by molar-refractivity contribution is 6.37. The fourth-order valence-electron chi connectivity index (χ4n) is 1.76. The smallest absolute Gasteiger partial charge is 0.343 e. The van der Waals surface area contributed by atoms with E-state index in [4.69, 9.17) is 33.7 Å². The fraction of sp³-hybridized carbons (Fsp3) is 0.133. The quantitative estimate of drug-likeness (QED) is 0.686. The third-order valence-electron chi connectivity index (χ3n) is 2.84. The van der Waals surface area contributed by atoms with Crippen LogP contribution in [0.1, 0.15) is 0 Å². The lowest BCUT2D eigenvalue weighted by Gasteiger charge is -2.10. The molecule has 0 aliphatic heterocycles. The molecule has 0 aliphatic rings. The highest BCUT2D eigenvalue weighted by Crippen LogP contribution is 2.35. The van der Waals surface area contributed by atoms with Crippen molar-refractivity contribution in [3.05, 3.63) is 46.4 Å². The van der Waals surface area contributed by atoms with Crippen molar-refractivity contribution in [3.8, 4) is 16.9 Å². The lowest BCUT2D eigenvalue weighted by atomic mass is 10.0. The van der Waals surface area contributed by atoms with Crippen LogP contribution >= 0.6 is 23.2 Å². The number of anilines is 1. The SMILES string of the molecule is COC(=O)COc1ccc(-c2cc(Cl)cc(Cl)c2N)cc1. The van der Waals surface area contributed by atoms with Crippen molar-refractivity contribution in [2.45, 2.75) is 0 Å². The Bertz CT molecular complexity index is 657. The third-order valence-corrected chi connectivity index (χ3v) is 3.37. The molecule has 0 fully saturated rings. The van der Waals surface area contributed by atoms with Crippen molar-refractivity contribution in [3.63, 3.8) is 0 Å². The summed E-state index contributed by atoms with van der Waals surface area (Å²) in [6.07, 6.45) is 0. The van der Waals surface area contributed by atoms with Gasteiger partial charge in [0.05, 0.1) is 17.8 Å². The number of benzene rings is 2. The van der Waals surface area contributed by atoms with Gasteiger partial charge in [0, 0.05) is 10.6 Å². The second kappa shape index (κ2) is 6.70. The molecular weight excluding hydrogens is 313 g/mol. The Morgan fingerprint density at radius 1 is 1.19 bits per heavy atom. The van der Waals surface area contributed by atoms with Gasteiger partial charge in [-0.25, -0.2) is 4.79 Å². The number of rotatable bonds is 4. The van der Waals surface area contributed by atoms with Crippen molar-refractivity contribution in [2.75, 3.05) is 19.5 Å². The molecule has 0 unspecified atom stereocenters. The number of halogens is 2. The van der Waals surface area contributed by atoms with Crippen LogP contribution < -0.4 is 10.5 Å². The van der Waals surface area contributed by atoms with Gasteiger partial charge in [0.15, 0.2) is 6.61 Å². The lowest BCUT2D eigenvalue weighted by Crippen LogP contribution is -2.12. The number of methoxy groups -OCH3 is 1. The van der Waals surface area contributed by atoms with Crippen molar-refractivity contribution in [1.29, 1.82) is 0 Å². The first-order valence-corrected chi connectivity index (χ1v) is 6.81. The van der Waals surface area contributed by atoms with E-state index < -0.39 is 5.97 Å². The summed E-state index contributed by atoms with van der Waals surface area (Å²) in [6.45, 7) is -0.138. The van der Waals surface area contributed by atoms with Gasteiger partial charge in [0.1, 0.15) is 5.75 Å². The maximum atomic E-state index is 11.0. The summed E-state index contributed by atoms with van der Waals surface area (Å²) in [6, 6.07) is 10.4. The zero-order valence-electron chi connectivity index (χ0n) is 11.2. The minimum absolute atomic E-state index is 0.138. The van der Waals surface area contributed by atoms with Gasteiger partial charge in [0.2, 0.25) is 0 Å². The van der Waals surface area contributed by atoms with E-state index in [1.807, 2.05) is 12.1 Å². The van der Waals surface area contributed by atoms with E-state index in [9.17, 15) is 4.79 Å². The van der Waals surface area contributed by atoms with E-state index in [0.29, 0.717) is 21.5 Å². The van der Waals surface area contributed by atoms with E-state index in [0.717, 1.165) is 11.1 Å². The minimum atomic E-state index is -0.440. The molecule has 2 aromatic rings. The molecule has 0 radical (unpaired) electrons. The number of nitrogen functional groups attached to an aromatic ring is 1. The number of carbonyl (C=O) groups is 1. The molecule has 21 heavy (non-hydrogen) atoms. The largest absolute Gasteiger partial charge is 0.482 e. The van der Waals surface area contributed by atoms with Gasteiger partial charge in [-0.2, -0.15) is 0 Å². The van der Waals surface area contributed by atoms with Gasteiger partial charge in [-0.3, -0.25) is 0 Å². The number of ether oxygens (including phenoxy) is 2. The normalized spacial score (nSPS) is 10.2. The minimum Gasteiger partial charge on any atom is -0.482 e. The van der Waals surface area contributed by atoms with Crippen LogP contribution in [0.2, 0.25) is 10.0 Å². The molecule has 0 aromatic heterocycles. The molecule has 0 spiro atoms. The van der Waals surface area contributed by atoms with Crippen molar-refractivity contribution in [2.24, 2.45) is 0 Å². The Kier molecular flexibility index (Phi) is 4.94. The average Bonchev–Trinajstić information content (AvgIpc) is 2.49. The molecule has 2 aromatic carbocycles. The Labute approximate surface area is 132 Å². The van der Waals surface area contributed by atoms with E-state index in [1.54, 1.807) is 24.3 Å². The Hall–Kier alpha value is -1.91. The summed E-state index contributed by atoms with van der Waals surface area (Å²) < 4.78 is 9.77. The Morgan fingerprint density at radius 2 is 1.86 bits per heavy atom. The van der Waals surface area contributed by atoms with Crippen LogP contribution in [0, 0.1) is 0 Å². The molecule has 6 heteroatoms. The van der Waals surface area contributed by atoms with E-state index >= 15 is 0 Å².